The summed E-state index contributed by atoms with van der Waals surface area (Å²) in [6, 6.07) is 0.573. The number of hydrogen-bond acceptors (Lipinski definition) is 2. The van der Waals surface area contributed by atoms with Crippen LogP contribution in [0.25, 0.3) is 0 Å². The predicted molar refractivity (Wildman–Crippen MR) is 88.0 cm³/mol. The summed E-state index contributed by atoms with van der Waals surface area (Å²) in [6.45, 7) is 7.52. The molecule has 1 fully saturated rings. The summed E-state index contributed by atoms with van der Waals surface area (Å²) in [7, 11) is 2.11. The van der Waals surface area contributed by atoms with Gasteiger partial charge in [0, 0.05) is 19.0 Å². The van der Waals surface area contributed by atoms with E-state index in [9.17, 15) is 0 Å². The van der Waals surface area contributed by atoms with Crippen LogP contribution in [0.5, 0.6) is 0 Å². The molecule has 3 unspecified atom stereocenters. The summed E-state index contributed by atoms with van der Waals surface area (Å²) in [5.74, 6) is 1.76. The number of rotatable bonds is 6. The van der Waals surface area contributed by atoms with E-state index in [2.05, 4.69) is 58.8 Å². The third kappa shape index (κ3) is 3.28. The molecule has 1 saturated carbocycles. The van der Waals surface area contributed by atoms with Crippen LogP contribution < -0.4 is 5.32 Å². The maximum absolute atomic E-state index is 4.62. The van der Waals surface area contributed by atoms with Gasteiger partial charge < -0.3 is 5.32 Å². The largest absolute Gasteiger partial charge is 0.316 e. The minimum Gasteiger partial charge on any atom is -0.316 e. The molecule has 4 heteroatoms. The van der Waals surface area contributed by atoms with E-state index in [0.717, 1.165) is 30.5 Å². The molecule has 0 spiro atoms. The minimum atomic E-state index is 0.573. The van der Waals surface area contributed by atoms with E-state index in [4.69, 9.17) is 0 Å². The van der Waals surface area contributed by atoms with Crippen molar-refractivity contribution in [2.75, 3.05) is 7.05 Å². The maximum atomic E-state index is 4.62. The first-order chi connectivity index (χ1) is 9.60. The Balaban J connectivity index is 2.11. The van der Waals surface area contributed by atoms with Crippen LogP contribution in [-0.2, 0) is 13.0 Å². The number of aromatic nitrogens is 2. The standard InChI is InChI=1S/C16H28BrN3/c1-5-12-7-8-13(9-12)14(18-4)10-15-16(17)11(3)19-20(15)6-2/h12-14,18H,5-10H2,1-4H3. The van der Waals surface area contributed by atoms with Crippen LogP contribution in [0.4, 0.5) is 0 Å². The zero-order valence-corrected chi connectivity index (χ0v) is 14.8. The van der Waals surface area contributed by atoms with Crippen LogP contribution in [0.2, 0.25) is 0 Å². The number of hydrogen-bond donors (Lipinski definition) is 1. The van der Waals surface area contributed by atoms with Crippen LogP contribution >= 0.6 is 15.9 Å². The van der Waals surface area contributed by atoms with Crippen molar-refractivity contribution in [3.8, 4) is 0 Å². The molecular weight excluding hydrogens is 314 g/mol. The van der Waals surface area contributed by atoms with E-state index in [1.807, 2.05) is 0 Å². The molecule has 0 radical (unpaired) electrons. The first-order valence-electron chi connectivity index (χ1n) is 7.99. The fraction of sp³-hybridized carbons (Fsp3) is 0.812. The van der Waals surface area contributed by atoms with E-state index in [1.165, 1.54) is 35.8 Å². The average molecular weight is 342 g/mol. The second kappa shape index (κ2) is 7.08. The molecule has 0 bridgehead atoms. The Morgan fingerprint density at radius 1 is 1.40 bits per heavy atom. The SMILES string of the molecule is CCC1CCC(C(Cc2c(Br)c(C)nn2CC)NC)C1. The van der Waals surface area contributed by atoms with Crippen molar-refractivity contribution in [2.24, 2.45) is 11.8 Å². The van der Waals surface area contributed by atoms with Gasteiger partial charge in [0.05, 0.1) is 15.9 Å². The van der Waals surface area contributed by atoms with Crippen molar-refractivity contribution < 1.29 is 0 Å². The third-order valence-electron chi connectivity index (χ3n) is 4.97. The highest BCUT2D eigenvalue weighted by atomic mass is 79.9. The van der Waals surface area contributed by atoms with Gasteiger partial charge in [-0.05, 0) is 61.5 Å². The summed E-state index contributed by atoms with van der Waals surface area (Å²) >= 11 is 3.72. The second-order valence-corrected chi connectivity index (χ2v) is 6.90. The normalized spacial score (nSPS) is 24.2. The highest BCUT2D eigenvalue weighted by Crippen LogP contribution is 2.36. The third-order valence-corrected chi connectivity index (χ3v) is 6.00. The molecule has 1 heterocycles. The van der Waals surface area contributed by atoms with Gasteiger partial charge in [0.15, 0.2) is 0 Å². The topological polar surface area (TPSA) is 29.9 Å². The Hall–Kier alpha value is -0.350. The Morgan fingerprint density at radius 2 is 2.15 bits per heavy atom. The van der Waals surface area contributed by atoms with Gasteiger partial charge in [-0.25, -0.2) is 0 Å². The monoisotopic (exact) mass is 341 g/mol. The summed E-state index contributed by atoms with van der Waals surface area (Å²) in [6.07, 6.45) is 6.59. The van der Waals surface area contributed by atoms with Crippen molar-refractivity contribution in [3.63, 3.8) is 0 Å². The molecule has 3 atom stereocenters. The Bertz CT molecular complexity index is 441. The van der Waals surface area contributed by atoms with Crippen LogP contribution in [0, 0.1) is 18.8 Å². The van der Waals surface area contributed by atoms with E-state index in [1.54, 1.807) is 0 Å². The van der Waals surface area contributed by atoms with Gasteiger partial charge in [-0.1, -0.05) is 19.8 Å². The van der Waals surface area contributed by atoms with Crippen molar-refractivity contribution in [2.45, 2.75) is 65.5 Å². The highest BCUT2D eigenvalue weighted by Gasteiger charge is 2.30. The van der Waals surface area contributed by atoms with Crippen LogP contribution in [0.15, 0.2) is 4.47 Å². The van der Waals surface area contributed by atoms with Gasteiger partial charge in [-0.15, -0.1) is 0 Å². The van der Waals surface area contributed by atoms with Crippen molar-refractivity contribution >= 4 is 15.9 Å². The van der Waals surface area contributed by atoms with Gasteiger partial charge in [0.2, 0.25) is 0 Å². The molecule has 1 aromatic heterocycles. The van der Waals surface area contributed by atoms with E-state index in [0.29, 0.717) is 6.04 Å². The van der Waals surface area contributed by atoms with Gasteiger partial charge in [-0.3, -0.25) is 4.68 Å². The van der Waals surface area contributed by atoms with Gasteiger partial charge >= 0.3 is 0 Å². The zero-order chi connectivity index (χ0) is 14.7. The van der Waals surface area contributed by atoms with Crippen LogP contribution in [0.1, 0.15) is 50.9 Å². The quantitative estimate of drug-likeness (QED) is 0.849. The highest BCUT2D eigenvalue weighted by molar-refractivity contribution is 9.10. The lowest BCUT2D eigenvalue weighted by molar-refractivity contribution is 0.354. The molecule has 0 aromatic carbocycles. The zero-order valence-electron chi connectivity index (χ0n) is 13.2. The fourth-order valence-electron chi connectivity index (χ4n) is 3.63. The molecule has 0 saturated heterocycles. The Labute approximate surface area is 131 Å². The van der Waals surface area contributed by atoms with Crippen LogP contribution in [0.3, 0.4) is 0 Å². The summed E-state index contributed by atoms with van der Waals surface area (Å²) in [5.41, 5.74) is 2.46. The van der Waals surface area contributed by atoms with E-state index in [-0.39, 0.29) is 0 Å². The lowest BCUT2D eigenvalue weighted by Gasteiger charge is -2.24. The smallest absolute Gasteiger partial charge is 0.0738 e. The van der Waals surface area contributed by atoms with Gasteiger partial charge in [-0.2, -0.15) is 5.10 Å². The molecular formula is C16H28BrN3. The number of halogens is 1. The molecule has 3 nitrogen and oxygen atoms in total. The molecule has 1 aliphatic rings. The molecule has 1 aliphatic carbocycles. The lowest BCUT2D eigenvalue weighted by atomic mass is 9.92. The number of likely N-dealkylation sites (N-methyl/N-ethyl adjacent to an activating group) is 1. The maximum Gasteiger partial charge on any atom is 0.0738 e. The average Bonchev–Trinajstić information content (AvgIpc) is 3.03. The molecule has 1 aromatic rings. The van der Waals surface area contributed by atoms with Crippen molar-refractivity contribution in [1.82, 2.24) is 15.1 Å². The molecule has 1 N–H and O–H groups in total. The molecule has 0 amide bonds. The first-order valence-corrected chi connectivity index (χ1v) is 8.78. The Kier molecular flexibility index (Phi) is 5.67. The molecule has 0 aliphatic heterocycles. The first kappa shape index (κ1) is 16.0. The van der Waals surface area contributed by atoms with Crippen molar-refractivity contribution in [3.05, 3.63) is 15.9 Å². The van der Waals surface area contributed by atoms with E-state index < -0.39 is 0 Å². The predicted octanol–water partition coefficient (Wildman–Crippen LogP) is 3.93. The lowest BCUT2D eigenvalue weighted by Crippen LogP contribution is -2.35. The number of nitrogens with zero attached hydrogens (tertiary/aromatic N) is 2. The molecule has 114 valence electrons. The van der Waals surface area contributed by atoms with Gasteiger partial charge in [0.1, 0.15) is 0 Å². The second-order valence-electron chi connectivity index (χ2n) is 6.11. The summed E-state index contributed by atoms with van der Waals surface area (Å²) in [4.78, 5) is 0. The van der Waals surface area contributed by atoms with Crippen LogP contribution in [-0.4, -0.2) is 22.9 Å². The van der Waals surface area contributed by atoms with E-state index >= 15 is 0 Å². The molecule has 20 heavy (non-hydrogen) atoms. The van der Waals surface area contributed by atoms with Gasteiger partial charge in [0.25, 0.3) is 0 Å². The Morgan fingerprint density at radius 3 is 2.70 bits per heavy atom. The number of aryl methyl sites for hydroxylation is 2. The molecule has 2 rings (SSSR count). The summed E-state index contributed by atoms with van der Waals surface area (Å²) < 4.78 is 3.35. The summed E-state index contributed by atoms with van der Waals surface area (Å²) in [5, 5.41) is 8.18. The van der Waals surface area contributed by atoms with Crippen molar-refractivity contribution in [1.29, 1.82) is 0 Å². The number of nitrogens with one attached hydrogen (secondary N) is 1. The minimum absolute atomic E-state index is 0.573. The fourth-order valence-corrected chi connectivity index (χ4v) is 4.07.